The number of carbonyl (C=O) groups is 2. The summed E-state index contributed by atoms with van der Waals surface area (Å²) in [5, 5.41) is 20.1. The van der Waals surface area contributed by atoms with E-state index in [4.69, 9.17) is 18.6 Å². The Morgan fingerprint density at radius 1 is 1.31 bits per heavy atom. The zero-order valence-electron chi connectivity index (χ0n) is 13.8. The molecule has 0 aliphatic heterocycles. The molecule has 2 rings (SSSR count). The summed E-state index contributed by atoms with van der Waals surface area (Å²) in [6, 6.07) is 3.63. The standard InChI is InChI=1S/C14H14N4O8/c1-8-16-17-14(26-8)15-12(19)6-25-13(20)7-24-9-3-4-10(18(21)22)11(5-9)23-2/h3-5H,6-7H2,1-2H3,(H,15,17,19). The highest BCUT2D eigenvalue weighted by Gasteiger charge is 2.16. The number of benzene rings is 1. The molecule has 1 heterocycles. The van der Waals surface area contributed by atoms with E-state index in [1.165, 1.54) is 25.3 Å². The van der Waals surface area contributed by atoms with Crippen molar-refractivity contribution >= 4 is 23.6 Å². The van der Waals surface area contributed by atoms with Crippen LogP contribution in [-0.4, -0.2) is 47.3 Å². The Hall–Kier alpha value is -3.70. The largest absolute Gasteiger partial charge is 0.490 e. The van der Waals surface area contributed by atoms with Gasteiger partial charge in [0.2, 0.25) is 11.6 Å². The van der Waals surface area contributed by atoms with Crippen LogP contribution in [0.2, 0.25) is 0 Å². The van der Waals surface area contributed by atoms with Gasteiger partial charge in [-0.1, -0.05) is 5.10 Å². The van der Waals surface area contributed by atoms with Crippen LogP contribution in [0, 0.1) is 17.0 Å². The predicted octanol–water partition coefficient (Wildman–Crippen LogP) is 0.856. The first-order valence-corrected chi connectivity index (χ1v) is 7.10. The second kappa shape index (κ2) is 8.41. The zero-order chi connectivity index (χ0) is 19.1. The third-order valence-electron chi connectivity index (χ3n) is 2.84. The average molecular weight is 366 g/mol. The molecule has 0 spiro atoms. The molecule has 0 aliphatic carbocycles. The molecule has 2 aromatic rings. The Morgan fingerprint density at radius 2 is 2.08 bits per heavy atom. The van der Waals surface area contributed by atoms with Gasteiger partial charge in [-0.2, -0.15) is 0 Å². The topological polar surface area (TPSA) is 156 Å². The summed E-state index contributed by atoms with van der Waals surface area (Å²) >= 11 is 0. The number of nitro benzene ring substituents is 1. The van der Waals surface area contributed by atoms with Crippen molar-refractivity contribution in [3.8, 4) is 11.5 Å². The lowest BCUT2D eigenvalue weighted by molar-refractivity contribution is -0.385. The number of aryl methyl sites for hydroxylation is 1. The van der Waals surface area contributed by atoms with E-state index in [2.05, 4.69) is 15.5 Å². The van der Waals surface area contributed by atoms with Crippen molar-refractivity contribution in [1.82, 2.24) is 10.2 Å². The van der Waals surface area contributed by atoms with Crippen molar-refractivity contribution < 1.29 is 33.1 Å². The first-order valence-electron chi connectivity index (χ1n) is 7.10. The van der Waals surface area contributed by atoms with E-state index in [0.29, 0.717) is 0 Å². The molecule has 1 aromatic carbocycles. The molecule has 26 heavy (non-hydrogen) atoms. The lowest BCUT2D eigenvalue weighted by Crippen LogP contribution is -2.23. The van der Waals surface area contributed by atoms with Gasteiger partial charge in [-0.15, -0.1) is 5.10 Å². The SMILES string of the molecule is COc1cc(OCC(=O)OCC(=O)Nc2nnc(C)o2)ccc1[N+](=O)[O-]. The van der Waals surface area contributed by atoms with Gasteiger partial charge in [-0.3, -0.25) is 20.2 Å². The van der Waals surface area contributed by atoms with Crippen LogP contribution in [-0.2, 0) is 14.3 Å². The van der Waals surface area contributed by atoms with Crippen molar-refractivity contribution in [2.24, 2.45) is 0 Å². The van der Waals surface area contributed by atoms with Gasteiger partial charge in [-0.05, 0) is 6.07 Å². The summed E-state index contributed by atoms with van der Waals surface area (Å²) < 4.78 is 19.7. The molecule has 138 valence electrons. The molecule has 0 fully saturated rings. The molecule has 0 unspecified atom stereocenters. The van der Waals surface area contributed by atoms with E-state index in [9.17, 15) is 19.7 Å². The number of hydrogen-bond acceptors (Lipinski definition) is 10. The van der Waals surface area contributed by atoms with E-state index in [-0.39, 0.29) is 29.1 Å². The van der Waals surface area contributed by atoms with E-state index >= 15 is 0 Å². The third-order valence-corrected chi connectivity index (χ3v) is 2.84. The molecule has 0 atom stereocenters. The number of hydrogen-bond donors (Lipinski definition) is 1. The van der Waals surface area contributed by atoms with Gasteiger partial charge in [0, 0.05) is 19.1 Å². The molecule has 1 N–H and O–H groups in total. The number of anilines is 1. The van der Waals surface area contributed by atoms with Gasteiger partial charge in [0.05, 0.1) is 12.0 Å². The minimum atomic E-state index is -0.820. The number of aromatic nitrogens is 2. The Balaban J connectivity index is 1.79. The van der Waals surface area contributed by atoms with E-state index in [1.807, 2.05) is 0 Å². The molecule has 0 bridgehead atoms. The fourth-order valence-electron chi connectivity index (χ4n) is 1.73. The van der Waals surface area contributed by atoms with E-state index in [1.54, 1.807) is 6.92 Å². The number of rotatable bonds is 8. The number of ether oxygens (including phenoxy) is 3. The van der Waals surface area contributed by atoms with E-state index < -0.39 is 30.0 Å². The van der Waals surface area contributed by atoms with Crippen LogP contribution in [0.25, 0.3) is 0 Å². The molecule has 1 aromatic heterocycles. The molecule has 0 aliphatic rings. The molecule has 12 nitrogen and oxygen atoms in total. The Bertz CT molecular complexity index is 819. The monoisotopic (exact) mass is 366 g/mol. The molecule has 0 saturated carbocycles. The first-order chi connectivity index (χ1) is 12.4. The first kappa shape index (κ1) is 18.6. The number of methoxy groups -OCH3 is 1. The van der Waals surface area contributed by atoms with Gasteiger partial charge >= 0.3 is 17.7 Å². The summed E-state index contributed by atoms with van der Waals surface area (Å²) in [5.74, 6) is -1.08. The fraction of sp³-hybridized carbons (Fsp3) is 0.286. The molecule has 0 radical (unpaired) electrons. The number of nitro groups is 1. The van der Waals surface area contributed by atoms with E-state index in [0.717, 1.165) is 0 Å². The molecule has 1 amide bonds. The second-order valence-corrected chi connectivity index (χ2v) is 4.71. The lowest BCUT2D eigenvalue weighted by atomic mass is 10.3. The zero-order valence-corrected chi connectivity index (χ0v) is 13.8. The quantitative estimate of drug-likeness (QED) is 0.403. The predicted molar refractivity (Wildman–Crippen MR) is 83.8 cm³/mol. The Morgan fingerprint density at radius 3 is 2.69 bits per heavy atom. The van der Waals surface area contributed by atoms with Crippen LogP contribution >= 0.6 is 0 Å². The van der Waals surface area contributed by atoms with Crippen LogP contribution in [0.3, 0.4) is 0 Å². The number of nitrogens with zero attached hydrogens (tertiary/aromatic N) is 3. The smallest absolute Gasteiger partial charge is 0.344 e. The van der Waals surface area contributed by atoms with Gasteiger partial charge in [0.25, 0.3) is 5.91 Å². The maximum Gasteiger partial charge on any atom is 0.344 e. The fourth-order valence-corrected chi connectivity index (χ4v) is 1.73. The third kappa shape index (κ3) is 5.15. The Kier molecular flexibility index (Phi) is 6.03. The van der Waals surface area contributed by atoms with Crippen LogP contribution in [0.1, 0.15) is 5.89 Å². The van der Waals surface area contributed by atoms with Crippen molar-refractivity contribution in [1.29, 1.82) is 0 Å². The highest BCUT2D eigenvalue weighted by molar-refractivity contribution is 5.90. The Labute approximate surface area is 146 Å². The van der Waals surface area contributed by atoms with Crippen molar-refractivity contribution in [2.45, 2.75) is 6.92 Å². The number of nitrogens with one attached hydrogen (secondary N) is 1. The average Bonchev–Trinajstić information content (AvgIpc) is 3.02. The second-order valence-electron chi connectivity index (χ2n) is 4.71. The molecular formula is C14H14N4O8. The molecule has 0 saturated heterocycles. The lowest BCUT2D eigenvalue weighted by Gasteiger charge is -2.08. The summed E-state index contributed by atoms with van der Waals surface area (Å²) in [7, 11) is 1.27. The van der Waals surface area contributed by atoms with Crippen LogP contribution in [0.5, 0.6) is 11.5 Å². The minimum absolute atomic E-state index is 0.0184. The maximum atomic E-state index is 11.6. The number of esters is 1. The van der Waals surface area contributed by atoms with Gasteiger partial charge < -0.3 is 18.6 Å². The molecular weight excluding hydrogens is 352 g/mol. The van der Waals surface area contributed by atoms with Crippen LogP contribution in [0.15, 0.2) is 22.6 Å². The maximum absolute atomic E-state index is 11.6. The summed E-state index contributed by atoms with van der Waals surface area (Å²) in [4.78, 5) is 33.3. The van der Waals surface area contributed by atoms with Gasteiger partial charge in [0.1, 0.15) is 5.75 Å². The van der Waals surface area contributed by atoms with Crippen molar-refractivity contribution in [3.05, 3.63) is 34.2 Å². The normalized spacial score (nSPS) is 10.1. The summed E-state index contributed by atoms with van der Waals surface area (Å²) in [5.41, 5.74) is -0.240. The van der Waals surface area contributed by atoms with Crippen molar-refractivity contribution in [2.75, 3.05) is 25.6 Å². The summed E-state index contributed by atoms with van der Waals surface area (Å²) in [6.45, 7) is 0.467. The molecule has 12 heteroatoms. The van der Waals surface area contributed by atoms with Gasteiger partial charge in [-0.25, -0.2) is 4.79 Å². The van der Waals surface area contributed by atoms with Crippen LogP contribution in [0.4, 0.5) is 11.7 Å². The number of carbonyl (C=O) groups excluding carboxylic acids is 2. The van der Waals surface area contributed by atoms with Crippen LogP contribution < -0.4 is 14.8 Å². The highest BCUT2D eigenvalue weighted by atomic mass is 16.6. The summed E-state index contributed by atoms with van der Waals surface area (Å²) in [6.07, 6.45) is 0. The number of amides is 1. The highest BCUT2D eigenvalue weighted by Crippen LogP contribution is 2.30. The minimum Gasteiger partial charge on any atom is -0.490 e. The van der Waals surface area contributed by atoms with Crippen molar-refractivity contribution in [3.63, 3.8) is 0 Å². The van der Waals surface area contributed by atoms with Gasteiger partial charge in [0.15, 0.2) is 13.2 Å².